The number of carbonyl (C=O) groups excluding carboxylic acids is 1. The maximum atomic E-state index is 12.3. The summed E-state index contributed by atoms with van der Waals surface area (Å²) in [5.41, 5.74) is 4.38. The highest BCUT2D eigenvalue weighted by Crippen LogP contribution is 2.27. The first-order valence-electron chi connectivity index (χ1n) is 8.91. The fraction of sp³-hybridized carbons (Fsp3) is 0.450. The summed E-state index contributed by atoms with van der Waals surface area (Å²) in [7, 11) is 0. The number of amides is 1. The molecule has 1 amide bonds. The second-order valence-electron chi connectivity index (χ2n) is 6.95. The number of nitrogens with one attached hydrogen (secondary N) is 3. The van der Waals surface area contributed by atoms with Crippen LogP contribution in [0.3, 0.4) is 0 Å². The van der Waals surface area contributed by atoms with Gasteiger partial charge in [0.1, 0.15) is 0 Å². The van der Waals surface area contributed by atoms with Crippen LogP contribution >= 0.6 is 0 Å². The van der Waals surface area contributed by atoms with Crippen molar-refractivity contribution in [2.45, 2.75) is 45.1 Å². The second-order valence-corrected chi connectivity index (χ2v) is 6.95. The van der Waals surface area contributed by atoms with E-state index in [1.54, 1.807) is 6.07 Å². The van der Waals surface area contributed by atoms with E-state index < -0.39 is 0 Å². The third-order valence-electron chi connectivity index (χ3n) is 5.20. The first kappa shape index (κ1) is 17.2. The molecule has 0 radical (unpaired) electrons. The molecule has 5 heteroatoms. The van der Waals surface area contributed by atoms with Crippen LogP contribution < -0.4 is 10.6 Å². The Balaban J connectivity index is 1.74. The summed E-state index contributed by atoms with van der Waals surface area (Å²) in [6.45, 7) is 2.65. The smallest absolute Gasteiger partial charge is 0.223 e. The Hall–Kier alpha value is -2.61. The van der Waals surface area contributed by atoms with Crippen LogP contribution in [-0.2, 0) is 4.79 Å². The Kier molecular flexibility index (Phi) is 5.18. The molecule has 1 saturated carbocycles. The fourth-order valence-corrected chi connectivity index (χ4v) is 3.81. The van der Waals surface area contributed by atoms with E-state index in [0.717, 1.165) is 48.1 Å². The molecule has 0 aromatic heterocycles. The molecule has 1 aromatic carbocycles. The number of nitriles is 1. The number of aryl methyl sites for hydroxylation is 1. The van der Waals surface area contributed by atoms with Crippen molar-refractivity contribution in [3.8, 4) is 6.07 Å². The molecule has 5 nitrogen and oxygen atoms in total. The van der Waals surface area contributed by atoms with Crippen LogP contribution in [0.5, 0.6) is 0 Å². The molecule has 2 fully saturated rings. The lowest BCUT2D eigenvalue weighted by atomic mass is 9.96. The third kappa shape index (κ3) is 3.74. The van der Waals surface area contributed by atoms with Gasteiger partial charge in [-0.25, -0.2) is 0 Å². The Morgan fingerprint density at radius 3 is 2.80 bits per heavy atom. The molecule has 3 N–H and O–H groups in total. The van der Waals surface area contributed by atoms with E-state index in [1.165, 1.54) is 6.21 Å². The lowest BCUT2D eigenvalue weighted by Gasteiger charge is -2.15. The molecule has 0 bridgehead atoms. The van der Waals surface area contributed by atoms with Gasteiger partial charge >= 0.3 is 0 Å². The molecule has 1 unspecified atom stereocenters. The monoisotopic (exact) mass is 336 g/mol. The van der Waals surface area contributed by atoms with E-state index in [2.05, 4.69) is 16.7 Å². The Bertz CT molecular complexity index is 753. The van der Waals surface area contributed by atoms with E-state index in [0.29, 0.717) is 18.5 Å². The van der Waals surface area contributed by atoms with Crippen molar-refractivity contribution >= 4 is 17.7 Å². The number of hydrogen-bond acceptors (Lipinski definition) is 4. The largest absolute Gasteiger partial charge is 0.386 e. The first-order valence-corrected chi connectivity index (χ1v) is 8.91. The van der Waals surface area contributed by atoms with Crippen molar-refractivity contribution in [3.63, 3.8) is 0 Å². The number of rotatable bonds is 4. The molecule has 1 aliphatic heterocycles. The summed E-state index contributed by atoms with van der Waals surface area (Å²) < 4.78 is 0. The summed E-state index contributed by atoms with van der Waals surface area (Å²) in [6.07, 6.45) is 6.39. The van der Waals surface area contributed by atoms with Gasteiger partial charge in [0.25, 0.3) is 0 Å². The predicted molar refractivity (Wildman–Crippen MR) is 98.1 cm³/mol. The van der Waals surface area contributed by atoms with Gasteiger partial charge in [0.2, 0.25) is 5.91 Å². The van der Waals surface area contributed by atoms with E-state index in [9.17, 15) is 4.79 Å². The Morgan fingerprint density at radius 2 is 2.16 bits per heavy atom. The molecule has 1 heterocycles. The molecule has 0 spiro atoms. The van der Waals surface area contributed by atoms with Crippen molar-refractivity contribution in [1.29, 1.82) is 10.7 Å². The molecule has 25 heavy (non-hydrogen) atoms. The minimum atomic E-state index is 0.0803. The average Bonchev–Trinajstić information content (AvgIpc) is 3.29. The summed E-state index contributed by atoms with van der Waals surface area (Å²) in [6, 6.07) is 7.74. The van der Waals surface area contributed by atoms with Crippen LogP contribution in [0.25, 0.3) is 5.57 Å². The molecular formula is C20H24N4O. The molecular weight excluding hydrogens is 312 g/mol. The second kappa shape index (κ2) is 7.52. The molecule has 2 aliphatic rings. The zero-order chi connectivity index (χ0) is 17.8. The summed E-state index contributed by atoms with van der Waals surface area (Å²) in [5, 5.41) is 23.4. The molecule has 130 valence electrons. The van der Waals surface area contributed by atoms with Gasteiger partial charge in [0.05, 0.1) is 17.7 Å². The fourth-order valence-electron chi connectivity index (χ4n) is 3.81. The Morgan fingerprint density at radius 1 is 1.40 bits per heavy atom. The van der Waals surface area contributed by atoms with Gasteiger partial charge in [0, 0.05) is 36.4 Å². The highest BCUT2D eigenvalue weighted by atomic mass is 16.1. The number of carbonyl (C=O) groups is 1. The van der Waals surface area contributed by atoms with Crippen LogP contribution in [0, 0.1) is 29.6 Å². The van der Waals surface area contributed by atoms with Crippen LogP contribution in [-0.4, -0.2) is 24.7 Å². The molecule has 1 saturated heterocycles. The van der Waals surface area contributed by atoms with Crippen LogP contribution in [0.1, 0.15) is 48.8 Å². The lowest BCUT2D eigenvalue weighted by molar-refractivity contribution is -0.125. The highest BCUT2D eigenvalue weighted by Gasteiger charge is 2.28. The van der Waals surface area contributed by atoms with Crippen LogP contribution in [0.4, 0.5) is 0 Å². The molecule has 1 aromatic rings. The highest BCUT2D eigenvalue weighted by molar-refractivity contribution is 6.10. The normalized spacial score (nSPS) is 22.2. The molecule has 3 rings (SSSR count). The van der Waals surface area contributed by atoms with E-state index >= 15 is 0 Å². The average molecular weight is 336 g/mol. The molecule has 1 atom stereocenters. The van der Waals surface area contributed by atoms with E-state index in [-0.39, 0.29) is 17.9 Å². The van der Waals surface area contributed by atoms with Crippen molar-refractivity contribution in [1.82, 2.24) is 10.6 Å². The SMILES string of the molecule is Cc1cc(C#N)ccc1/C(C=N)=C1\CC(NC(=O)C2CCCC2)CN1. The number of nitrogens with zero attached hydrogens (tertiary/aromatic N) is 1. The zero-order valence-corrected chi connectivity index (χ0v) is 14.6. The zero-order valence-electron chi connectivity index (χ0n) is 14.6. The summed E-state index contributed by atoms with van der Waals surface area (Å²) in [4.78, 5) is 12.3. The molecule has 1 aliphatic carbocycles. The van der Waals surface area contributed by atoms with Crippen molar-refractivity contribution in [3.05, 3.63) is 40.6 Å². The lowest BCUT2D eigenvalue weighted by Crippen LogP contribution is -2.39. The minimum Gasteiger partial charge on any atom is -0.386 e. The van der Waals surface area contributed by atoms with Crippen LogP contribution in [0.15, 0.2) is 23.9 Å². The van der Waals surface area contributed by atoms with E-state index in [4.69, 9.17) is 10.7 Å². The number of benzene rings is 1. The van der Waals surface area contributed by atoms with Gasteiger partial charge in [-0.2, -0.15) is 5.26 Å². The van der Waals surface area contributed by atoms with Gasteiger partial charge < -0.3 is 16.0 Å². The number of allylic oxidation sites excluding steroid dienone is 1. The number of hydrogen-bond donors (Lipinski definition) is 3. The first-order chi connectivity index (χ1) is 12.1. The van der Waals surface area contributed by atoms with Crippen molar-refractivity contribution < 1.29 is 4.79 Å². The topological polar surface area (TPSA) is 88.8 Å². The summed E-state index contributed by atoms with van der Waals surface area (Å²) >= 11 is 0. The van der Waals surface area contributed by atoms with Gasteiger partial charge in [-0.1, -0.05) is 18.9 Å². The van der Waals surface area contributed by atoms with Gasteiger partial charge in [-0.3, -0.25) is 4.79 Å². The van der Waals surface area contributed by atoms with Crippen molar-refractivity contribution in [2.24, 2.45) is 5.92 Å². The third-order valence-corrected chi connectivity index (χ3v) is 5.20. The van der Waals surface area contributed by atoms with E-state index in [1.807, 2.05) is 19.1 Å². The predicted octanol–water partition coefficient (Wildman–Crippen LogP) is 2.90. The van der Waals surface area contributed by atoms with Gasteiger partial charge in [-0.15, -0.1) is 0 Å². The van der Waals surface area contributed by atoms with Gasteiger partial charge in [0.15, 0.2) is 0 Å². The Labute approximate surface area is 148 Å². The minimum absolute atomic E-state index is 0.0803. The van der Waals surface area contributed by atoms with Crippen LogP contribution in [0.2, 0.25) is 0 Å². The maximum absolute atomic E-state index is 12.3. The van der Waals surface area contributed by atoms with Gasteiger partial charge in [-0.05, 0) is 43.0 Å². The quantitative estimate of drug-likeness (QED) is 0.739. The summed E-state index contributed by atoms with van der Waals surface area (Å²) in [5.74, 6) is 0.354. The van der Waals surface area contributed by atoms with Crippen molar-refractivity contribution in [2.75, 3.05) is 6.54 Å². The standard InChI is InChI=1S/C20H24N4O/c1-13-8-14(10-21)6-7-17(13)18(11-22)19-9-16(12-23-19)24-20(25)15-4-2-3-5-15/h6-8,11,15-16,22-23H,2-5,9,12H2,1H3,(H,24,25)/b19-18+,22-11?. The maximum Gasteiger partial charge on any atom is 0.223 e.